The highest BCUT2D eigenvalue weighted by atomic mass is 16.5. The molecule has 13 heavy (non-hydrogen) atoms. The Bertz CT molecular complexity index is 160. The maximum atomic E-state index is 9.00. The first kappa shape index (κ1) is 11.0. The van der Waals surface area contributed by atoms with Crippen LogP contribution in [0.1, 0.15) is 27.7 Å². The molecular formula is C10H21NO2. The molecule has 3 nitrogen and oxygen atoms in total. The summed E-state index contributed by atoms with van der Waals surface area (Å²) in [6.45, 7) is 9.44. The van der Waals surface area contributed by atoms with Crippen molar-refractivity contribution >= 4 is 0 Å². The molecule has 0 aliphatic carbocycles. The van der Waals surface area contributed by atoms with Crippen LogP contribution in [0.4, 0.5) is 0 Å². The monoisotopic (exact) mass is 187 g/mol. The van der Waals surface area contributed by atoms with Gasteiger partial charge in [0.15, 0.2) is 0 Å². The van der Waals surface area contributed by atoms with Gasteiger partial charge in [0, 0.05) is 6.54 Å². The van der Waals surface area contributed by atoms with Gasteiger partial charge < -0.3 is 9.84 Å². The van der Waals surface area contributed by atoms with Crippen LogP contribution in [0.15, 0.2) is 0 Å². The van der Waals surface area contributed by atoms with Crippen molar-refractivity contribution in [3.8, 4) is 0 Å². The predicted molar refractivity (Wildman–Crippen MR) is 52.4 cm³/mol. The number of aliphatic hydroxyl groups excluding tert-OH is 1. The zero-order valence-corrected chi connectivity index (χ0v) is 9.00. The van der Waals surface area contributed by atoms with E-state index in [0.717, 1.165) is 6.54 Å². The Hall–Kier alpha value is -0.120. The molecule has 1 rings (SSSR count). The Morgan fingerprint density at radius 3 is 2.15 bits per heavy atom. The molecule has 1 fully saturated rings. The molecule has 3 heteroatoms. The van der Waals surface area contributed by atoms with E-state index in [0.29, 0.717) is 11.8 Å². The van der Waals surface area contributed by atoms with Gasteiger partial charge in [-0.1, -0.05) is 27.7 Å². The second-order valence-corrected chi connectivity index (χ2v) is 4.41. The lowest BCUT2D eigenvalue weighted by atomic mass is 9.89. The van der Waals surface area contributed by atoms with Gasteiger partial charge in [-0.15, -0.1) is 0 Å². The summed E-state index contributed by atoms with van der Waals surface area (Å²) >= 11 is 0. The molecule has 0 aromatic rings. The third-order valence-electron chi connectivity index (χ3n) is 2.89. The number of hydrogen-bond acceptors (Lipinski definition) is 3. The number of nitrogens with one attached hydrogen (secondary N) is 1. The molecule has 0 aromatic heterocycles. The summed E-state index contributed by atoms with van der Waals surface area (Å²) in [4.78, 5) is 0. The normalized spacial score (nSPS) is 27.5. The molecule has 1 aliphatic rings. The molecular weight excluding hydrogens is 166 g/mol. The minimum Gasteiger partial charge on any atom is -0.394 e. The topological polar surface area (TPSA) is 41.5 Å². The van der Waals surface area contributed by atoms with Crippen molar-refractivity contribution in [2.24, 2.45) is 11.8 Å². The van der Waals surface area contributed by atoms with E-state index >= 15 is 0 Å². The van der Waals surface area contributed by atoms with Crippen LogP contribution in [0.3, 0.4) is 0 Å². The summed E-state index contributed by atoms with van der Waals surface area (Å²) in [6.07, 6.45) is -0.0372. The van der Waals surface area contributed by atoms with E-state index in [1.807, 2.05) is 0 Å². The average Bonchev–Trinajstić information content (AvgIpc) is 2.48. The summed E-state index contributed by atoms with van der Waals surface area (Å²) in [5.74, 6) is 0.841. The van der Waals surface area contributed by atoms with Crippen LogP contribution in [0.25, 0.3) is 0 Å². The quantitative estimate of drug-likeness (QED) is 0.692. The van der Waals surface area contributed by atoms with Gasteiger partial charge in [0.2, 0.25) is 0 Å². The van der Waals surface area contributed by atoms with Gasteiger partial charge in [0.05, 0.1) is 12.7 Å². The van der Waals surface area contributed by atoms with Gasteiger partial charge >= 0.3 is 0 Å². The molecule has 1 aliphatic heterocycles. The maximum absolute atomic E-state index is 9.00. The second-order valence-electron chi connectivity index (χ2n) is 4.41. The highest BCUT2D eigenvalue weighted by molar-refractivity contribution is 4.92. The second kappa shape index (κ2) is 3.95. The predicted octanol–water partition coefficient (Wildman–Crippen LogP) is 0.975. The van der Waals surface area contributed by atoms with Crippen LogP contribution >= 0.6 is 0 Å². The zero-order valence-electron chi connectivity index (χ0n) is 9.00. The molecule has 1 heterocycles. The van der Waals surface area contributed by atoms with E-state index in [9.17, 15) is 0 Å². The van der Waals surface area contributed by atoms with Crippen LogP contribution in [-0.4, -0.2) is 30.1 Å². The highest BCUT2D eigenvalue weighted by Crippen LogP contribution is 2.32. The van der Waals surface area contributed by atoms with Crippen LogP contribution in [0.5, 0.6) is 0 Å². The van der Waals surface area contributed by atoms with Crippen LogP contribution in [0, 0.1) is 11.8 Å². The molecule has 1 saturated heterocycles. The molecule has 0 bridgehead atoms. The maximum Gasteiger partial charge on any atom is 0.124 e. The molecule has 0 saturated carbocycles. The zero-order chi connectivity index (χ0) is 10.1. The fourth-order valence-electron chi connectivity index (χ4n) is 2.08. The Morgan fingerprint density at radius 1 is 1.38 bits per heavy atom. The SMILES string of the molecule is CC(C)C1(C(C)C)NCC(CO)O1. The van der Waals surface area contributed by atoms with E-state index in [4.69, 9.17) is 9.84 Å². The summed E-state index contributed by atoms with van der Waals surface area (Å²) in [5.41, 5.74) is -0.243. The van der Waals surface area contributed by atoms with Gasteiger partial charge in [-0.05, 0) is 11.8 Å². The van der Waals surface area contributed by atoms with E-state index in [2.05, 4.69) is 33.0 Å². The summed E-state index contributed by atoms with van der Waals surface area (Å²) in [7, 11) is 0. The molecule has 0 radical (unpaired) electrons. The lowest BCUT2D eigenvalue weighted by molar-refractivity contribution is -0.121. The van der Waals surface area contributed by atoms with E-state index in [1.54, 1.807) is 0 Å². The summed E-state index contributed by atoms with van der Waals surface area (Å²) in [6, 6.07) is 0. The Kier molecular flexibility index (Phi) is 3.33. The van der Waals surface area contributed by atoms with Crippen molar-refractivity contribution in [3.63, 3.8) is 0 Å². The fourth-order valence-corrected chi connectivity index (χ4v) is 2.08. The van der Waals surface area contributed by atoms with Gasteiger partial charge in [0.25, 0.3) is 0 Å². The first-order valence-electron chi connectivity index (χ1n) is 5.06. The van der Waals surface area contributed by atoms with Crippen molar-refractivity contribution in [2.45, 2.75) is 39.5 Å². The molecule has 2 N–H and O–H groups in total. The van der Waals surface area contributed by atoms with E-state index < -0.39 is 0 Å². The number of hydrogen-bond donors (Lipinski definition) is 2. The number of ether oxygens (including phenoxy) is 1. The van der Waals surface area contributed by atoms with Crippen molar-refractivity contribution in [1.82, 2.24) is 5.32 Å². The fraction of sp³-hybridized carbons (Fsp3) is 1.00. The lowest BCUT2D eigenvalue weighted by Crippen LogP contribution is -2.50. The Labute approximate surface area is 80.5 Å². The molecule has 1 atom stereocenters. The summed E-state index contributed by atoms with van der Waals surface area (Å²) in [5, 5.41) is 12.4. The van der Waals surface area contributed by atoms with Crippen molar-refractivity contribution < 1.29 is 9.84 Å². The van der Waals surface area contributed by atoms with E-state index in [-0.39, 0.29) is 18.4 Å². The number of aliphatic hydroxyl groups is 1. The highest BCUT2D eigenvalue weighted by Gasteiger charge is 2.44. The van der Waals surface area contributed by atoms with Gasteiger partial charge in [-0.2, -0.15) is 0 Å². The first-order chi connectivity index (χ1) is 6.03. The molecule has 0 amide bonds. The third kappa shape index (κ3) is 1.87. The van der Waals surface area contributed by atoms with Gasteiger partial charge in [0.1, 0.15) is 5.72 Å². The summed E-state index contributed by atoms with van der Waals surface area (Å²) < 4.78 is 5.86. The molecule has 1 unspecified atom stereocenters. The molecule has 0 aromatic carbocycles. The standard InChI is InChI=1S/C10H21NO2/c1-7(2)10(8(3)4)11-5-9(6-12)13-10/h7-9,11-12H,5-6H2,1-4H3. The Morgan fingerprint density at radius 2 is 1.92 bits per heavy atom. The van der Waals surface area contributed by atoms with Crippen molar-refractivity contribution in [2.75, 3.05) is 13.2 Å². The minimum absolute atomic E-state index is 0.0372. The molecule has 78 valence electrons. The van der Waals surface area contributed by atoms with Crippen LogP contribution < -0.4 is 5.32 Å². The Balaban J connectivity index is 2.72. The van der Waals surface area contributed by atoms with Crippen LogP contribution in [0.2, 0.25) is 0 Å². The van der Waals surface area contributed by atoms with Crippen molar-refractivity contribution in [3.05, 3.63) is 0 Å². The largest absolute Gasteiger partial charge is 0.394 e. The smallest absolute Gasteiger partial charge is 0.124 e. The number of rotatable bonds is 3. The van der Waals surface area contributed by atoms with E-state index in [1.165, 1.54) is 0 Å². The first-order valence-corrected chi connectivity index (χ1v) is 5.06. The average molecular weight is 187 g/mol. The van der Waals surface area contributed by atoms with Crippen molar-refractivity contribution in [1.29, 1.82) is 0 Å². The van der Waals surface area contributed by atoms with Gasteiger partial charge in [-0.3, -0.25) is 5.32 Å². The molecule has 0 spiro atoms. The minimum atomic E-state index is -0.243. The van der Waals surface area contributed by atoms with Crippen LogP contribution in [-0.2, 0) is 4.74 Å². The van der Waals surface area contributed by atoms with Gasteiger partial charge in [-0.25, -0.2) is 0 Å². The lowest BCUT2D eigenvalue weighted by Gasteiger charge is -2.37. The third-order valence-corrected chi connectivity index (χ3v) is 2.89.